The fraction of sp³-hybridized carbons (Fsp3) is 0.235. The number of anilines is 2. The zero-order valence-corrected chi connectivity index (χ0v) is 15.6. The number of nitrogens with zero attached hydrogens (tertiary/aromatic N) is 3. The van der Waals surface area contributed by atoms with Crippen LogP contribution in [0.15, 0.2) is 48.5 Å². The van der Waals surface area contributed by atoms with E-state index in [0.717, 1.165) is 15.3 Å². The molecule has 144 valence electrons. The standard InChI is InChI=1S/C17H19N3O6S/c1-3-27(25,26)18(2)16-11-15(20(23)24)10-9-13(16)12-19(17(21)22)14-7-5-4-6-8-14/h4-11H,3,12H2,1-2H3,(H,21,22). The summed E-state index contributed by atoms with van der Waals surface area (Å²) in [5, 5.41) is 20.6. The molecule has 0 heterocycles. The number of benzene rings is 2. The lowest BCUT2D eigenvalue weighted by molar-refractivity contribution is -0.384. The van der Waals surface area contributed by atoms with Crippen LogP contribution in [0.3, 0.4) is 0 Å². The van der Waals surface area contributed by atoms with Crippen molar-refractivity contribution in [2.45, 2.75) is 13.5 Å². The third kappa shape index (κ3) is 4.53. The maximum atomic E-state index is 12.2. The van der Waals surface area contributed by atoms with Crippen molar-refractivity contribution in [3.8, 4) is 0 Å². The van der Waals surface area contributed by atoms with E-state index in [1.54, 1.807) is 30.3 Å². The van der Waals surface area contributed by atoms with Gasteiger partial charge in [0, 0.05) is 24.9 Å². The molecule has 2 aromatic carbocycles. The van der Waals surface area contributed by atoms with Gasteiger partial charge in [-0.3, -0.25) is 19.3 Å². The van der Waals surface area contributed by atoms with Crippen LogP contribution >= 0.6 is 0 Å². The molecule has 2 aromatic rings. The van der Waals surface area contributed by atoms with Gasteiger partial charge in [0.2, 0.25) is 10.0 Å². The van der Waals surface area contributed by atoms with Gasteiger partial charge in [-0.1, -0.05) is 18.2 Å². The molecule has 1 N–H and O–H groups in total. The Balaban J connectivity index is 2.55. The largest absolute Gasteiger partial charge is 0.465 e. The number of hydrogen-bond acceptors (Lipinski definition) is 5. The molecule has 0 aromatic heterocycles. The predicted molar refractivity (Wildman–Crippen MR) is 102 cm³/mol. The minimum absolute atomic E-state index is 0.0632. The third-order valence-electron chi connectivity index (χ3n) is 4.03. The monoisotopic (exact) mass is 393 g/mol. The highest BCUT2D eigenvalue weighted by Gasteiger charge is 2.24. The number of rotatable bonds is 7. The zero-order chi connectivity index (χ0) is 20.2. The topological polar surface area (TPSA) is 121 Å². The molecule has 0 fully saturated rings. The molecule has 0 radical (unpaired) electrons. The van der Waals surface area contributed by atoms with Crippen molar-refractivity contribution in [3.05, 3.63) is 64.2 Å². The number of non-ortho nitro benzene ring substituents is 1. The summed E-state index contributed by atoms with van der Waals surface area (Å²) < 4.78 is 25.4. The summed E-state index contributed by atoms with van der Waals surface area (Å²) in [6.45, 7) is 1.28. The molecule has 0 spiro atoms. The highest BCUT2D eigenvalue weighted by molar-refractivity contribution is 7.92. The molecule has 0 aliphatic heterocycles. The first-order valence-electron chi connectivity index (χ1n) is 7.96. The quantitative estimate of drug-likeness (QED) is 0.570. The molecule has 0 unspecified atom stereocenters. The van der Waals surface area contributed by atoms with Gasteiger partial charge in [0.1, 0.15) is 0 Å². The van der Waals surface area contributed by atoms with Crippen molar-refractivity contribution in [1.29, 1.82) is 0 Å². The Labute approximate surface area is 156 Å². The molecule has 0 aliphatic carbocycles. The van der Waals surface area contributed by atoms with Crippen LogP contribution in [0.5, 0.6) is 0 Å². The second-order valence-corrected chi connectivity index (χ2v) is 7.93. The molecule has 9 nitrogen and oxygen atoms in total. The number of hydrogen-bond donors (Lipinski definition) is 1. The molecular weight excluding hydrogens is 374 g/mol. The van der Waals surface area contributed by atoms with Gasteiger partial charge in [0.25, 0.3) is 5.69 Å². The lowest BCUT2D eigenvalue weighted by Gasteiger charge is -2.25. The van der Waals surface area contributed by atoms with E-state index in [-0.39, 0.29) is 23.7 Å². The predicted octanol–water partition coefficient (Wildman–Crippen LogP) is 3.07. The van der Waals surface area contributed by atoms with Crippen LogP contribution in [0.25, 0.3) is 0 Å². The number of carbonyl (C=O) groups is 1. The summed E-state index contributed by atoms with van der Waals surface area (Å²) in [7, 11) is -2.41. The van der Waals surface area contributed by atoms with E-state index in [0.29, 0.717) is 11.3 Å². The van der Waals surface area contributed by atoms with Crippen molar-refractivity contribution in [1.82, 2.24) is 0 Å². The Bertz CT molecular complexity index is 946. The number of carboxylic acid groups (broad SMARTS) is 1. The minimum Gasteiger partial charge on any atom is -0.465 e. The van der Waals surface area contributed by atoms with E-state index < -0.39 is 21.0 Å². The highest BCUT2D eigenvalue weighted by Crippen LogP contribution is 2.30. The maximum Gasteiger partial charge on any atom is 0.412 e. The van der Waals surface area contributed by atoms with Crippen LogP contribution in [0, 0.1) is 10.1 Å². The summed E-state index contributed by atoms with van der Waals surface area (Å²) in [4.78, 5) is 23.2. The van der Waals surface area contributed by atoms with E-state index in [9.17, 15) is 28.4 Å². The average molecular weight is 393 g/mol. The van der Waals surface area contributed by atoms with Crippen molar-refractivity contribution in [2.24, 2.45) is 0 Å². The molecule has 0 aliphatic rings. The fourth-order valence-corrected chi connectivity index (χ4v) is 3.34. The first-order chi connectivity index (χ1) is 12.7. The van der Waals surface area contributed by atoms with E-state index in [1.165, 1.54) is 26.1 Å². The molecule has 2 rings (SSSR count). The maximum absolute atomic E-state index is 12.2. The second-order valence-electron chi connectivity index (χ2n) is 5.64. The zero-order valence-electron chi connectivity index (χ0n) is 14.8. The first kappa shape index (κ1) is 20.2. The van der Waals surface area contributed by atoms with Crippen molar-refractivity contribution >= 4 is 33.2 Å². The molecule has 0 saturated heterocycles. The van der Waals surface area contributed by atoms with E-state index >= 15 is 0 Å². The number of sulfonamides is 1. The summed E-state index contributed by atoms with van der Waals surface area (Å²) in [6, 6.07) is 12.0. The molecule has 0 saturated carbocycles. The van der Waals surface area contributed by atoms with E-state index in [4.69, 9.17) is 0 Å². The van der Waals surface area contributed by atoms with Crippen LogP contribution in [-0.4, -0.2) is 37.3 Å². The molecule has 27 heavy (non-hydrogen) atoms. The van der Waals surface area contributed by atoms with Crippen molar-refractivity contribution in [2.75, 3.05) is 22.0 Å². The Kier molecular flexibility index (Phi) is 6.01. The molecular formula is C17H19N3O6S. The Morgan fingerprint density at radius 2 is 1.81 bits per heavy atom. The Hall–Kier alpha value is -3.14. The number of para-hydroxylation sites is 1. The minimum atomic E-state index is -3.69. The van der Waals surface area contributed by atoms with Gasteiger partial charge < -0.3 is 5.11 Å². The lowest BCUT2D eigenvalue weighted by atomic mass is 10.1. The van der Waals surface area contributed by atoms with Crippen molar-refractivity contribution in [3.63, 3.8) is 0 Å². The second kappa shape index (κ2) is 8.04. The lowest BCUT2D eigenvalue weighted by Crippen LogP contribution is -2.32. The summed E-state index contributed by atoms with van der Waals surface area (Å²) in [5.41, 5.74) is 0.503. The van der Waals surface area contributed by atoms with Crippen LogP contribution < -0.4 is 9.21 Å². The van der Waals surface area contributed by atoms with Crippen molar-refractivity contribution < 1.29 is 23.2 Å². The van der Waals surface area contributed by atoms with E-state index in [1.807, 2.05) is 0 Å². The Morgan fingerprint density at radius 3 is 2.33 bits per heavy atom. The summed E-state index contributed by atoms with van der Waals surface area (Å²) in [6.07, 6.45) is -1.23. The molecule has 1 amide bonds. The SMILES string of the molecule is CCS(=O)(=O)N(C)c1cc([N+](=O)[O-])ccc1CN(C(=O)O)c1ccccc1. The number of nitro groups is 1. The molecule has 10 heteroatoms. The van der Waals surface area contributed by atoms with Crippen LogP contribution in [0.4, 0.5) is 21.9 Å². The normalized spacial score (nSPS) is 11.0. The fourth-order valence-electron chi connectivity index (χ4n) is 2.48. The Morgan fingerprint density at radius 1 is 1.19 bits per heavy atom. The molecule has 0 bridgehead atoms. The van der Waals surface area contributed by atoms with Gasteiger partial charge in [-0.2, -0.15) is 0 Å². The van der Waals surface area contributed by atoms with Crippen LogP contribution in [0.1, 0.15) is 12.5 Å². The average Bonchev–Trinajstić information content (AvgIpc) is 2.65. The highest BCUT2D eigenvalue weighted by atomic mass is 32.2. The number of amides is 1. The molecule has 0 atom stereocenters. The van der Waals surface area contributed by atoms with Gasteiger partial charge in [0.05, 0.1) is 22.9 Å². The van der Waals surface area contributed by atoms with Crippen LogP contribution in [0.2, 0.25) is 0 Å². The summed E-state index contributed by atoms with van der Waals surface area (Å²) >= 11 is 0. The van der Waals surface area contributed by atoms with Gasteiger partial charge >= 0.3 is 6.09 Å². The van der Waals surface area contributed by atoms with Gasteiger partial charge in [-0.05, 0) is 30.7 Å². The third-order valence-corrected chi connectivity index (χ3v) is 5.79. The summed E-state index contributed by atoms with van der Waals surface area (Å²) in [5.74, 6) is -0.201. The first-order valence-corrected chi connectivity index (χ1v) is 9.57. The van der Waals surface area contributed by atoms with Crippen LogP contribution in [-0.2, 0) is 16.6 Å². The van der Waals surface area contributed by atoms with Gasteiger partial charge in [-0.25, -0.2) is 13.2 Å². The van der Waals surface area contributed by atoms with E-state index in [2.05, 4.69) is 0 Å². The van der Waals surface area contributed by atoms with Gasteiger partial charge in [0.15, 0.2) is 0 Å². The number of nitro benzene ring substituents is 1. The van der Waals surface area contributed by atoms with Gasteiger partial charge in [-0.15, -0.1) is 0 Å². The smallest absolute Gasteiger partial charge is 0.412 e.